The first-order valence-corrected chi connectivity index (χ1v) is 9.62. The molecule has 2 saturated carbocycles. The first-order valence-electron chi connectivity index (χ1n) is 9.62. The van der Waals surface area contributed by atoms with Crippen LogP contribution in [-0.2, 0) is 9.53 Å². The maximum atomic E-state index is 13.0. The molecule has 3 rings (SSSR count). The highest BCUT2D eigenvalue weighted by Crippen LogP contribution is 2.57. The fraction of sp³-hybridized carbons (Fsp3) is 0.947. The summed E-state index contributed by atoms with van der Waals surface area (Å²) in [6, 6.07) is 0.315. The normalized spacial score (nSPS) is 42.4. The predicted molar refractivity (Wildman–Crippen MR) is 92.0 cm³/mol. The molecule has 0 spiro atoms. The smallest absolute Gasteiger partial charge is 0.241 e. The largest absolute Gasteiger partial charge is 0.377 e. The van der Waals surface area contributed by atoms with Crippen molar-refractivity contribution in [1.82, 2.24) is 5.32 Å². The van der Waals surface area contributed by atoms with Crippen molar-refractivity contribution in [2.24, 2.45) is 23.0 Å². The van der Waals surface area contributed by atoms with Crippen LogP contribution in [0.1, 0.15) is 72.1 Å². The zero-order chi connectivity index (χ0) is 16.7. The minimum absolute atomic E-state index is 0.0631. The minimum atomic E-state index is -0.766. The summed E-state index contributed by atoms with van der Waals surface area (Å²) < 4.78 is 5.91. The van der Waals surface area contributed by atoms with Crippen LogP contribution >= 0.6 is 0 Å². The number of hydrogen-bond donors (Lipinski definition) is 2. The number of nitrogens with one attached hydrogen (secondary N) is 1. The zero-order valence-electron chi connectivity index (χ0n) is 15.1. The molecule has 132 valence electrons. The van der Waals surface area contributed by atoms with E-state index in [1.54, 1.807) is 0 Å². The third-order valence-corrected chi connectivity index (χ3v) is 6.94. The van der Waals surface area contributed by atoms with Crippen LogP contribution in [0.25, 0.3) is 0 Å². The molecule has 3 N–H and O–H groups in total. The Morgan fingerprint density at radius 3 is 2.57 bits per heavy atom. The van der Waals surface area contributed by atoms with Crippen LogP contribution in [0.15, 0.2) is 0 Å². The van der Waals surface area contributed by atoms with Gasteiger partial charge in [0, 0.05) is 24.0 Å². The summed E-state index contributed by atoms with van der Waals surface area (Å²) in [6.07, 6.45) is 9.49. The lowest BCUT2D eigenvalue weighted by Gasteiger charge is -2.65. The van der Waals surface area contributed by atoms with E-state index in [2.05, 4.69) is 26.1 Å². The maximum absolute atomic E-state index is 13.0. The SMILES string of the molecule is CCCC1CCC(NC(=O)C2(N)C3CCCOC3C2(C)C)CC1. The van der Waals surface area contributed by atoms with Crippen LogP contribution in [0.2, 0.25) is 0 Å². The van der Waals surface area contributed by atoms with Gasteiger partial charge in [-0.2, -0.15) is 0 Å². The van der Waals surface area contributed by atoms with Crippen molar-refractivity contribution in [3.8, 4) is 0 Å². The van der Waals surface area contributed by atoms with E-state index in [4.69, 9.17) is 10.5 Å². The average Bonchev–Trinajstić information content (AvgIpc) is 2.56. The van der Waals surface area contributed by atoms with E-state index in [0.717, 1.165) is 38.2 Å². The van der Waals surface area contributed by atoms with Crippen LogP contribution < -0.4 is 11.1 Å². The molecule has 0 aromatic carbocycles. The summed E-state index contributed by atoms with van der Waals surface area (Å²) in [5.74, 6) is 1.10. The van der Waals surface area contributed by atoms with Crippen LogP contribution in [-0.4, -0.2) is 30.2 Å². The standard InChI is InChI=1S/C19H34N2O2/c1-4-6-13-8-10-14(11-9-13)21-17(22)19(20)15-7-5-12-23-16(15)18(19,2)3/h13-16H,4-12,20H2,1-3H3,(H,21,22). The van der Waals surface area contributed by atoms with Gasteiger partial charge in [-0.15, -0.1) is 0 Å². The van der Waals surface area contributed by atoms with E-state index in [1.165, 1.54) is 25.7 Å². The Morgan fingerprint density at radius 1 is 1.22 bits per heavy atom. The summed E-state index contributed by atoms with van der Waals surface area (Å²) in [4.78, 5) is 13.0. The first-order chi connectivity index (χ1) is 10.9. The summed E-state index contributed by atoms with van der Waals surface area (Å²) in [5, 5.41) is 3.29. The van der Waals surface area contributed by atoms with Crippen LogP contribution in [0.4, 0.5) is 0 Å². The van der Waals surface area contributed by atoms with E-state index < -0.39 is 5.54 Å². The van der Waals surface area contributed by atoms with Gasteiger partial charge in [0.2, 0.25) is 5.91 Å². The minimum Gasteiger partial charge on any atom is -0.377 e. The molecule has 3 aliphatic rings. The van der Waals surface area contributed by atoms with Gasteiger partial charge < -0.3 is 15.8 Å². The topological polar surface area (TPSA) is 64.4 Å². The highest BCUT2D eigenvalue weighted by atomic mass is 16.5. The van der Waals surface area contributed by atoms with Gasteiger partial charge in [-0.25, -0.2) is 0 Å². The van der Waals surface area contributed by atoms with Crippen LogP contribution in [0.5, 0.6) is 0 Å². The molecular weight excluding hydrogens is 288 g/mol. The summed E-state index contributed by atoms with van der Waals surface area (Å²) >= 11 is 0. The Kier molecular flexibility index (Phi) is 4.76. The summed E-state index contributed by atoms with van der Waals surface area (Å²) in [6.45, 7) is 7.26. The number of hydrogen-bond acceptors (Lipinski definition) is 3. The lowest BCUT2D eigenvalue weighted by atomic mass is 9.46. The number of carbonyl (C=O) groups is 1. The van der Waals surface area contributed by atoms with Crippen LogP contribution in [0.3, 0.4) is 0 Å². The number of amides is 1. The van der Waals surface area contributed by atoms with Crippen molar-refractivity contribution in [1.29, 1.82) is 0 Å². The summed E-state index contributed by atoms with van der Waals surface area (Å²) in [7, 11) is 0. The molecular formula is C19H34N2O2. The molecule has 2 aliphatic carbocycles. The second kappa shape index (κ2) is 6.36. The molecule has 3 fully saturated rings. The van der Waals surface area contributed by atoms with Crippen molar-refractivity contribution in [3.05, 3.63) is 0 Å². The quantitative estimate of drug-likeness (QED) is 0.836. The Morgan fingerprint density at radius 2 is 1.91 bits per heavy atom. The average molecular weight is 322 g/mol. The second-order valence-electron chi connectivity index (χ2n) is 8.61. The third kappa shape index (κ3) is 2.72. The van der Waals surface area contributed by atoms with Gasteiger partial charge >= 0.3 is 0 Å². The Hall–Kier alpha value is -0.610. The van der Waals surface area contributed by atoms with E-state index >= 15 is 0 Å². The Balaban J connectivity index is 1.60. The van der Waals surface area contributed by atoms with Gasteiger partial charge in [0.05, 0.1) is 6.10 Å². The van der Waals surface area contributed by atoms with E-state index in [-0.39, 0.29) is 23.3 Å². The second-order valence-corrected chi connectivity index (χ2v) is 8.61. The van der Waals surface area contributed by atoms with Gasteiger partial charge in [-0.3, -0.25) is 4.79 Å². The van der Waals surface area contributed by atoms with Crippen LogP contribution in [0, 0.1) is 17.3 Å². The van der Waals surface area contributed by atoms with Gasteiger partial charge in [0.25, 0.3) is 0 Å². The molecule has 4 heteroatoms. The maximum Gasteiger partial charge on any atom is 0.241 e. The van der Waals surface area contributed by atoms with Crippen molar-refractivity contribution in [2.45, 2.75) is 89.8 Å². The monoisotopic (exact) mass is 322 g/mol. The molecule has 0 bridgehead atoms. The molecule has 1 saturated heterocycles. The van der Waals surface area contributed by atoms with E-state index in [0.29, 0.717) is 6.04 Å². The molecule has 0 radical (unpaired) electrons. The number of ether oxygens (including phenoxy) is 1. The molecule has 0 aromatic heterocycles. The van der Waals surface area contributed by atoms with E-state index in [9.17, 15) is 4.79 Å². The zero-order valence-corrected chi connectivity index (χ0v) is 15.1. The van der Waals surface area contributed by atoms with Gasteiger partial charge in [0.15, 0.2) is 0 Å². The number of fused-ring (bicyclic) bond motifs is 1. The Bertz CT molecular complexity index is 443. The van der Waals surface area contributed by atoms with Crippen molar-refractivity contribution in [2.75, 3.05) is 6.61 Å². The lowest BCUT2D eigenvalue weighted by Crippen LogP contribution is -2.82. The predicted octanol–water partition coefficient (Wildman–Crippen LogP) is 2.99. The van der Waals surface area contributed by atoms with Gasteiger partial charge in [-0.1, -0.05) is 33.6 Å². The van der Waals surface area contributed by atoms with Crippen molar-refractivity contribution < 1.29 is 9.53 Å². The van der Waals surface area contributed by atoms with Gasteiger partial charge in [-0.05, 0) is 44.4 Å². The van der Waals surface area contributed by atoms with Crippen molar-refractivity contribution >= 4 is 5.91 Å². The summed E-state index contributed by atoms with van der Waals surface area (Å²) in [5.41, 5.74) is 5.64. The molecule has 1 heterocycles. The number of nitrogens with two attached hydrogens (primary N) is 1. The molecule has 23 heavy (non-hydrogen) atoms. The Labute approximate surface area is 140 Å². The number of rotatable bonds is 4. The fourth-order valence-corrected chi connectivity index (χ4v) is 5.35. The number of carbonyl (C=O) groups excluding carboxylic acids is 1. The third-order valence-electron chi connectivity index (χ3n) is 6.94. The highest BCUT2D eigenvalue weighted by molar-refractivity contribution is 5.89. The highest BCUT2D eigenvalue weighted by Gasteiger charge is 2.70. The lowest BCUT2D eigenvalue weighted by molar-refractivity contribution is -0.225. The molecule has 3 atom stereocenters. The molecule has 1 aliphatic heterocycles. The van der Waals surface area contributed by atoms with Gasteiger partial charge in [0.1, 0.15) is 5.54 Å². The first kappa shape index (κ1) is 17.2. The van der Waals surface area contributed by atoms with E-state index in [1.807, 2.05) is 0 Å². The molecule has 3 unspecified atom stereocenters. The van der Waals surface area contributed by atoms with Crippen molar-refractivity contribution in [3.63, 3.8) is 0 Å². The molecule has 4 nitrogen and oxygen atoms in total. The molecule has 1 amide bonds. The fourth-order valence-electron chi connectivity index (χ4n) is 5.35. The molecule has 0 aromatic rings.